The van der Waals surface area contributed by atoms with Gasteiger partial charge in [0.05, 0.1) is 6.61 Å². The maximum absolute atomic E-state index is 12.3. The van der Waals surface area contributed by atoms with E-state index in [-0.39, 0.29) is 17.9 Å². The van der Waals surface area contributed by atoms with Gasteiger partial charge in [-0.15, -0.1) is 6.58 Å². The second-order valence-corrected chi connectivity index (χ2v) is 5.29. The minimum atomic E-state index is -0.00971. The van der Waals surface area contributed by atoms with E-state index in [0.29, 0.717) is 26.1 Å². The molecule has 4 heteroatoms. The molecule has 1 fully saturated rings. The van der Waals surface area contributed by atoms with Crippen LogP contribution in [-0.2, 0) is 4.79 Å². The van der Waals surface area contributed by atoms with E-state index in [1.54, 1.807) is 11.0 Å². The summed E-state index contributed by atoms with van der Waals surface area (Å²) in [6.45, 7) is 5.11. The number of aliphatic hydroxyl groups excluding tert-OH is 1. The summed E-state index contributed by atoms with van der Waals surface area (Å²) in [5.41, 5.74) is 5.88. The van der Waals surface area contributed by atoms with E-state index in [4.69, 9.17) is 10.8 Å². The lowest BCUT2D eigenvalue weighted by molar-refractivity contribution is -0.134. The molecule has 3 N–H and O–H groups in total. The Morgan fingerprint density at radius 1 is 1.39 bits per heavy atom. The third-order valence-corrected chi connectivity index (χ3v) is 3.95. The SMILES string of the molecule is C=CCN(CCO)C(=O)CC1(CN)CCCCC1. The molecule has 0 aromatic rings. The number of aliphatic hydroxyl groups is 1. The first kappa shape index (κ1) is 15.2. The fraction of sp³-hybridized carbons (Fsp3) is 0.786. The monoisotopic (exact) mass is 254 g/mol. The molecular formula is C14H26N2O2. The van der Waals surface area contributed by atoms with Crippen molar-refractivity contribution in [2.24, 2.45) is 11.1 Å². The number of amides is 1. The highest BCUT2D eigenvalue weighted by molar-refractivity contribution is 5.77. The van der Waals surface area contributed by atoms with Crippen LogP contribution in [0, 0.1) is 5.41 Å². The molecule has 0 bridgehead atoms. The van der Waals surface area contributed by atoms with Gasteiger partial charge in [0.2, 0.25) is 5.91 Å². The molecule has 0 aromatic heterocycles. The van der Waals surface area contributed by atoms with E-state index in [9.17, 15) is 4.79 Å². The first-order valence-electron chi connectivity index (χ1n) is 6.87. The van der Waals surface area contributed by atoms with E-state index in [1.807, 2.05) is 0 Å². The number of carbonyl (C=O) groups excluding carboxylic acids is 1. The van der Waals surface area contributed by atoms with Crippen molar-refractivity contribution in [1.29, 1.82) is 0 Å². The van der Waals surface area contributed by atoms with Crippen LogP contribution in [0.5, 0.6) is 0 Å². The molecule has 18 heavy (non-hydrogen) atoms. The highest BCUT2D eigenvalue weighted by Crippen LogP contribution is 2.38. The normalized spacial score (nSPS) is 18.3. The predicted molar refractivity (Wildman–Crippen MR) is 73.1 cm³/mol. The van der Waals surface area contributed by atoms with Gasteiger partial charge in [-0.3, -0.25) is 4.79 Å². The molecule has 1 saturated carbocycles. The van der Waals surface area contributed by atoms with Crippen LogP contribution in [0.4, 0.5) is 0 Å². The molecule has 0 radical (unpaired) electrons. The van der Waals surface area contributed by atoms with Gasteiger partial charge in [0.1, 0.15) is 0 Å². The van der Waals surface area contributed by atoms with Crippen molar-refractivity contribution in [1.82, 2.24) is 4.90 Å². The Labute approximate surface area is 110 Å². The zero-order valence-corrected chi connectivity index (χ0v) is 11.2. The second kappa shape index (κ2) is 7.54. The van der Waals surface area contributed by atoms with E-state index in [2.05, 4.69) is 6.58 Å². The first-order chi connectivity index (χ1) is 8.67. The Morgan fingerprint density at radius 2 is 2.06 bits per heavy atom. The van der Waals surface area contributed by atoms with Gasteiger partial charge < -0.3 is 15.7 Å². The maximum atomic E-state index is 12.3. The van der Waals surface area contributed by atoms with Crippen LogP contribution >= 0.6 is 0 Å². The number of nitrogens with two attached hydrogens (primary N) is 1. The summed E-state index contributed by atoms with van der Waals surface area (Å²) in [5.74, 6) is 0.0938. The Hall–Kier alpha value is -0.870. The van der Waals surface area contributed by atoms with Gasteiger partial charge in [0.25, 0.3) is 0 Å². The van der Waals surface area contributed by atoms with Crippen LogP contribution in [0.15, 0.2) is 12.7 Å². The van der Waals surface area contributed by atoms with Crippen molar-refractivity contribution >= 4 is 5.91 Å². The van der Waals surface area contributed by atoms with Gasteiger partial charge in [-0.05, 0) is 24.8 Å². The molecule has 0 atom stereocenters. The molecule has 1 aliphatic carbocycles. The molecule has 104 valence electrons. The molecule has 1 amide bonds. The number of carbonyl (C=O) groups is 1. The fourth-order valence-corrected chi connectivity index (χ4v) is 2.78. The van der Waals surface area contributed by atoms with Crippen molar-refractivity contribution < 1.29 is 9.90 Å². The average molecular weight is 254 g/mol. The topological polar surface area (TPSA) is 66.6 Å². The lowest BCUT2D eigenvalue weighted by atomic mass is 9.71. The van der Waals surface area contributed by atoms with E-state index in [0.717, 1.165) is 12.8 Å². The van der Waals surface area contributed by atoms with Gasteiger partial charge in [-0.1, -0.05) is 25.3 Å². The lowest BCUT2D eigenvalue weighted by Gasteiger charge is -2.37. The Morgan fingerprint density at radius 3 is 2.56 bits per heavy atom. The molecule has 1 aliphatic rings. The molecule has 1 rings (SSSR count). The molecular weight excluding hydrogens is 228 g/mol. The molecule has 0 saturated heterocycles. The minimum Gasteiger partial charge on any atom is -0.395 e. The molecule has 0 aliphatic heterocycles. The van der Waals surface area contributed by atoms with Gasteiger partial charge in [0.15, 0.2) is 0 Å². The first-order valence-corrected chi connectivity index (χ1v) is 6.87. The summed E-state index contributed by atoms with van der Waals surface area (Å²) in [6, 6.07) is 0. The van der Waals surface area contributed by atoms with Crippen LogP contribution in [0.25, 0.3) is 0 Å². The van der Waals surface area contributed by atoms with Crippen molar-refractivity contribution in [3.05, 3.63) is 12.7 Å². The van der Waals surface area contributed by atoms with E-state index < -0.39 is 0 Å². The molecule has 0 heterocycles. The summed E-state index contributed by atoms with van der Waals surface area (Å²) in [4.78, 5) is 13.9. The van der Waals surface area contributed by atoms with Gasteiger partial charge >= 0.3 is 0 Å². The smallest absolute Gasteiger partial charge is 0.223 e. The predicted octanol–water partition coefficient (Wildman–Crippen LogP) is 1.29. The number of hydrogen-bond donors (Lipinski definition) is 2. The van der Waals surface area contributed by atoms with Crippen molar-refractivity contribution in [3.8, 4) is 0 Å². The Kier molecular flexibility index (Phi) is 6.36. The van der Waals surface area contributed by atoms with Crippen molar-refractivity contribution in [3.63, 3.8) is 0 Å². The van der Waals surface area contributed by atoms with Gasteiger partial charge in [-0.25, -0.2) is 0 Å². The lowest BCUT2D eigenvalue weighted by Crippen LogP contribution is -2.41. The molecule has 0 unspecified atom stereocenters. The van der Waals surface area contributed by atoms with Crippen LogP contribution in [0.3, 0.4) is 0 Å². The number of rotatable bonds is 7. The van der Waals surface area contributed by atoms with Gasteiger partial charge in [0, 0.05) is 19.5 Å². The molecule has 0 spiro atoms. The van der Waals surface area contributed by atoms with Crippen LogP contribution < -0.4 is 5.73 Å². The largest absolute Gasteiger partial charge is 0.395 e. The van der Waals surface area contributed by atoms with Crippen molar-refractivity contribution in [2.75, 3.05) is 26.2 Å². The van der Waals surface area contributed by atoms with Gasteiger partial charge in [-0.2, -0.15) is 0 Å². The third-order valence-electron chi connectivity index (χ3n) is 3.95. The second-order valence-electron chi connectivity index (χ2n) is 5.29. The van der Waals surface area contributed by atoms with E-state index >= 15 is 0 Å². The zero-order chi connectivity index (χ0) is 13.4. The average Bonchev–Trinajstić information content (AvgIpc) is 2.39. The van der Waals surface area contributed by atoms with Crippen LogP contribution in [-0.4, -0.2) is 42.2 Å². The number of hydrogen-bond acceptors (Lipinski definition) is 3. The summed E-state index contributed by atoms with van der Waals surface area (Å²) < 4.78 is 0. The highest BCUT2D eigenvalue weighted by atomic mass is 16.3. The maximum Gasteiger partial charge on any atom is 0.223 e. The summed E-state index contributed by atoms with van der Waals surface area (Å²) in [7, 11) is 0. The van der Waals surface area contributed by atoms with Crippen molar-refractivity contribution in [2.45, 2.75) is 38.5 Å². The minimum absolute atomic E-state index is 0.00476. The third kappa shape index (κ3) is 4.10. The molecule has 4 nitrogen and oxygen atoms in total. The fourth-order valence-electron chi connectivity index (χ4n) is 2.78. The summed E-state index contributed by atoms with van der Waals surface area (Å²) in [5, 5.41) is 8.99. The van der Waals surface area contributed by atoms with Crippen LogP contribution in [0.2, 0.25) is 0 Å². The zero-order valence-electron chi connectivity index (χ0n) is 11.2. The quantitative estimate of drug-likeness (QED) is 0.673. The summed E-state index contributed by atoms with van der Waals surface area (Å²) in [6.07, 6.45) is 7.91. The number of nitrogens with zero attached hydrogens (tertiary/aromatic N) is 1. The molecule has 0 aromatic carbocycles. The Balaban J connectivity index is 2.61. The van der Waals surface area contributed by atoms with Crippen LogP contribution in [0.1, 0.15) is 38.5 Å². The van der Waals surface area contributed by atoms with E-state index in [1.165, 1.54) is 19.3 Å². The Bertz CT molecular complexity index is 273. The highest BCUT2D eigenvalue weighted by Gasteiger charge is 2.34. The summed E-state index contributed by atoms with van der Waals surface area (Å²) >= 11 is 0. The standard InChI is InChI=1S/C14H26N2O2/c1-2-8-16(9-10-17)13(18)11-14(12-15)6-4-3-5-7-14/h2,17H,1,3-12,15H2.